The molecule has 0 amide bonds. The van der Waals surface area contributed by atoms with Crippen LogP contribution in [0.5, 0.6) is 0 Å². The van der Waals surface area contributed by atoms with Crippen molar-refractivity contribution in [3.05, 3.63) is 12.8 Å². The van der Waals surface area contributed by atoms with Crippen molar-refractivity contribution in [1.29, 1.82) is 0 Å². The van der Waals surface area contributed by atoms with Crippen molar-refractivity contribution in [3.63, 3.8) is 0 Å². The first-order valence-electron chi connectivity index (χ1n) is 1.44. The molecule has 0 spiro atoms. The first-order chi connectivity index (χ1) is 3.15. The fourth-order valence-electron chi connectivity index (χ4n) is 0. The Morgan fingerprint density at radius 2 is 1.29 bits per heavy atom. The Kier molecular flexibility index (Phi) is 12.6. The summed E-state index contributed by atoms with van der Waals surface area (Å²) in [7, 11) is -2.17. The summed E-state index contributed by atoms with van der Waals surface area (Å²) >= 11 is 0. The third-order valence-corrected chi connectivity index (χ3v) is 0. The molecule has 0 heterocycles. The first kappa shape index (κ1) is 9.70. The predicted molar refractivity (Wildman–Crippen MR) is 25.2 cm³/mol. The zero-order chi connectivity index (χ0) is 6.28. The van der Waals surface area contributed by atoms with Crippen LogP contribution in [0.15, 0.2) is 12.8 Å². The van der Waals surface area contributed by atoms with E-state index in [0.29, 0.717) is 0 Å². The molecule has 7 heavy (non-hydrogen) atoms. The van der Waals surface area contributed by atoms with Gasteiger partial charge in [0.25, 0.3) is 0 Å². The Morgan fingerprint density at radius 3 is 1.29 bits per heavy atom. The lowest BCUT2D eigenvalue weighted by Gasteiger charge is -1.69. The van der Waals surface area contributed by atoms with E-state index in [1.54, 1.807) is 0 Å². The highest BCUT2D eigenvalue weighted by atomic mass is 16.5. The van der Waals surface area contributed by atoms with Crippen LogP contribution in [0.2, 0.25) is 0 Å². The molecule has 0 rings (SSSR count). The van der Waals surface area contributed by atoms with E-state index in [4.69, 9.17) is 20.2 Å². The SMILES string of the molecule is C=CO.OB(O)O. The van der Waals surface area contributed by atoms with E-state index >= 15 is 0 Å². The summed E-state index contributed by atoms with van der Waals surface area (Å²) in [5, 5.41) is 28.8. The highest BCUT2D eigenvalue weighted by Crippen LogP contribution is 1.40. The number of hydrogen-bond donors (Lipinski definition) is 4. The van der Waals surface area contributed by atoms with Crippen LogP contribution in [0.25, 0.3) is 0 Å². The second kappa shape index (κ2) is 9.08. The van der Waals surface area contributed by atoms with Crippen molar-refractivity contribution < 1.29 is 20.2 Å². The number of aliphatic hydroxyl groups is 1. The largest absolute Gasteiger partial charge is 0.631 e. The van der Waals surface area contributed by atoms with E-state index in [2.05, 4.69) is 6.58 Å². The maximum absolute atomic E-state index is 7.33. The zero-order valence-electron chi connectivity index (χ0n) is 3.65. The van der Waals surface area contributed by atoms with Crippen LogP contribution < -0.4 is 0 Å². The molecule has 0 aliphatic rings. The molecule has 42 valence electrons. The Morgan fingerprint density at radius 1 is 1.29 bits per heavy atom. The normalized spacial score (nSPS) is 5.57. The van der Waals surface area contributed by atoms with E-state index in [1.165, 1.54) is 0 Å². The monoisotopic (exact) mass is 106 g/mol. The van der Waals surface area contributed by atoms with Gasteiger partial charge in [-0.2, -0.15) is 0 Å². The number of aliphatic hydroxyl groups excluding tert-OH is 1. The van der Waals surface area contributed by atoms with Crippen LogP contribution in [-0.4, -0.2) is 27.5 Å². The lowest BCUT2D eigenvalue weighted by atomic mass is 10.3. The van der Waals surface area contributed by atoms with Gasteiger partial charge in [-0.05, 0) is 0 Å². The van der Waals surface area contributed by atoms with E-state index in [0.717, 1.165) is 6.26 Å². The number of hydrogen-bond acceptors (Lipinski definition) is 4. The lowest BCUT2D eigenvalue weighted by Crippen LogP contribution is -2.07. The minimum absolute atomic E-state index is 0.750. The molecule has 0 radical (unpaired) electrons. The van der Waals surface area contributed by atoms with Gasteiger partial charge in [0.2, 0.25) is 0 Å². The minimum Gasteiger partial charge on any atom is -0.516 e. The van der Waals surface area contributed by atoms with Crippen molar-refractivity contribution in [2.45, 2.75) is 0 Å². The summed E-state index contributed by atoms with van der Waals surface area (Å²) in [5.41, 5.74) is 0. The van der Waals surface area contributed by atoms with Crippen LogP contribution in [0.4, 0.5) is 0 Å². The zero-order valence-corrected chi connectivity index (χ0v) is 3.65. The van der Waals surface area contributed by atoms with Crippen molar-refractivity contribution in [2.24, 2.45) is 0 Å². The number of rotatable bonds is 0. The third-order valence-electron chi connectivity index (χ3n) is 0. The van der Waals surface area contributed by atoms with E-state index in [1.807, 2.05) is 0 Å². The molecule has 0 aliphatic heterocycles. The fourth-order valence-corrected chi connectivity index (χ4v) is 0. The Balaban J connectivity index is 0. The second-order valence-corrected chi connectivity index (χ2v) is 0.529. The van der Waals surface area contributed by atoms with Gasteiger partial charge in [-0.15, -0.1) is 0 Å². The Bertz CT molecular complexity index is 33.9. The van der Waals surface area contributed by atoms with Crippen LogP contribution in [-0.2, 0) is 0 Å². The van der Waals surface area contributed by atoms with E-state index < -0.39 is 7.32 Å². The van der Waals surface area contributed by atoms with Crippen LogP contribution >= 0.6 is 0 Å². The highest BCUT2D eigenvalue weighted by Gasteiger charge is 1.92. The molecule has 0 saturated carbocycles. The Hall–Kier alpha value is -0.515. The molecule has 0 aromatic rings. The molecule has 4 N–H and O–H groups in total. The summed E-state index contributed by atoms with van der Waals surface area (Å²) in [5.74, 6) is 0. The maximum atomic E-state index is 7.33. The molecular weight excluding hydrogens is 98.8 g/mol. The molecule has 0 atom stereocenters. The van der Waals surface area contributed by atoms with Gasteiger partial charge in [-0.25, -0.2) is 0 Å². The topological polar surface area (TPSA) is 80.9 Å². The van der Waals surface area contributed by atoms with Gasteiger partial charge in [-0.1, -0.05) is 6.58 Å². The van der Waals surface area contributed by atoms with Gasteiger partial charge in [0.1, 0.15) is 0 Å². The smallest absolute Gasteiger partial charge is 0.516 e. The highest BCUT2D eigenvalue weighted by molar-refractivity contribution is 6.30. The second-order valence-electron chi connectivity index (χ2n) is 0.529. The molecule has 0 bridgehead atoms. The molecule has 4 nitrogen and oxygen atoms in total. The van der Waals surface area contributed by atoms with Crippen molar-refractivity contribution in [3.8, 4) is 0 Å². The Labute approximate surface area is 41.5 Å². The predicted octanol–water partition coefficient (Wildman–Crippen LogP) is -1.36. The lowest BCUT2D eigenvalue weighted by molar-refractivity contribution is 0.278. The van der Waals surface area contributed by atoms with Gasteiger partial charge in [-0.3, -0.25) is 0 Å². The summed E-state index contributed by atoms with van der Waals surface area (Å²) in [6, 6.07) is 0. The average Bonchev–Trinajstić information content (AvgIpc) is 1.33. The first-order valence-corrected chi connectivity index (χ1v) is 1.44. The third kappa shape index (κ3) is 251. The molecular formula is C2H7BO4. The van der Waals surface area contributed by atoms with Gasteiger partial charge in [0, 0.05) is 0 Å². The van der Waals surface area contributed by atoms with Crippen LogP contribution in [0.3, 0.4) is 0 Å². The minimum atomic E-state index is -2.17. The van der Waals surface area contributed by atoms with Crippen LogP contribution in [0, 0.1) is 0 Å². The van der Waals surface area contributed by atoms with E-state index in [9.17, 15) is 0 Å². The molecule has 0 fully saturated rings. The average molecular weight is 106 g/mol. The maximum Gasteiger partial charge on any atom is 0.631 e. The van der Waals surface area contributed by atoms with Crippen LogP contribution in [0.1, 0.15) is 0 Å². The summed E-state index contributed by atoms with van der Waals surface area (Å²) in [6.07, 6.45) is 0.750. The van der Waals surface area contributed by atoms with Gasteiger partial charge in [0.05, 0.1) is 6.26 Å². The van der Waals surface area contributed by atoms with Crippen molar-refractivity contribution in [2.75, 3.05) is 0 Å². The summed E-state index contributed by atoms with van der Waals surface area (Å²) < 4.78 is 0. The van der Waals surface area contributed by atoms with Gasteiger partial charge in [0.15, 0.2) is 0 Å². The summed E-state index contributed by atoms with van der Waals surface area (Å²) in [6.45, 7) is 2.92. The fraction of sp³-hybridized carbons (Fsp3) is 0. The summed E-state index contributed by atoms with van der Waals surface area (Å²) in [4.78, 5) is 0. The molecule has 0 aromatic carbocycles. The molecule has 0 aromatic heterocycles. The van der Waals surface area contributed by atoms with E-state index in [-0.39, 0.29) is 0 Å². The molecule has 0 unspecified atom stereocenters. The van der Waals surface area contributed by atoms with Crippen molar-refractivity contribution in [1.82, 2.24) is 0 Å². The van der Waals surface area contributed by atoms with Crippen molar-refractivity contribution >= 4 is 7.32 Å². The van der Waals surface area contributed by atoms with Gasteiger partial charge >= 0.3 is 7.32 Å². The quantitative estimate of drug-likeness (QED) is 0.227. The van der Waals surface area contributed by atoms with Gasteiger partial charge < -0.3 is 20.2 Å². The molecule has 5 heteroatoms. The molecule has 0 aliphatic carbocycles. The standard InChI is InChI=1S/C2H4O.BH3O3/c1-2-3;2-1(3)4/h2-3H,1H2;2-4H. The molecule has 0 saturated heterocycles.